The first-order chi connectivity index (χ1) is 14.5. The molecule has 1 heterocycles. The van der Waals surface area contributed by atoms with Crippen LogP contribution in [0, 0.1) is 11.6 Å². The summed E-state index contributed by atoms with van der Waals surface area (Å²) >= 11 is 0. The Bertz CT molecular complexity index is 986. The van der Waals surface area contributed by atoms with Crippen molar-refractivity contribution in [2.24, 2.45) is 0 Å². The molecule has 0 aliphatic heterocycles. The van der Waals surface area contributed by atoms with E-state index in [0.29, 0.717) is 12.3 Å². The van der Waals surface area contributed by atoms with Gasteiger partial charge in [0.15, 0.2) is 0 Å². The summed E-state index contributed by atoms with van der Waals surface area (Å²) in [6, 6.07) is 12.1. The fraction of sp³-hybridized carbons (Fsp3) is 0.304. The second kappa shape index (κ2) is 10.0. The molecule has 0 fully saturated rings. The first-order valence-corrected chi connectivity index (χ1v) is 9.87. The van der Waals surface area contributed by atoms with Crippen LogP contribution >= 0.6 is 0 Å². The number of nitrogens with one attached hydrogen (secondary N) is 1. The Balaban J connectivity index is 1.44. The Labute approximate surface area is 174 Å². The van der Waals surface area contributed by atoms with Crippen LogP contribution < -0.4 is 4.74 Å². The number of methoxy groups -OCH3 is 1. The van der Waals surface area contributed by atoms with Crippen LogP contribution in [0.4, 0.5) is 8.78 Å². The van der Waals surface area contributed by atoms with Gasteiger partial charge < -0.3 is 9.64 Å². The monoisotopic (exact) mass is 413 g/mol. The number of rotatable bonds is 9. The molecule has 0 saturated heterocycles. The molecule has 1 N–H and O–H groups in total. The highest BCUT2D eigenvalue weighted by atomic mass is 19.1. The molecule has 0 radical (unpaired) electrons. The summed E-state index contributed by atoms with van der Waals surface area (Å²) in [4.78, 5) is 14.1. The van der Waals surface area contributed by atoms with Crippen molar-refractivity contribution in [1.82, 2.24) is 15.1 Å². The quantitative estimate of drug-likeness (QED) is 0.510. The molecule has 5 nitrogen and oxygen atoms in total. The standard InChI is InChI=1S/C23H25F2N3O2/c1-28(23(29)20-14-18(25)11-12-22(20)30-2)13-5-3-4-6-19-15-21(27-26-19)16-7-9-17(24)10-8-16/h7-12,14-15H,3-6,13H2,1-2H3,(H,26,27). The number of nitrogens with zero attached hydrogens (tertiary/aromatic N) is 2. The highest BCUT2D eigenvalue weighted by Gasteiger charge is 2.17. The molecule has 0 saturated carbocycles. The van der Waals surface area contributed by atoms with Gasteiger partial charge in [-0.15, -0.1) is 0 Å². The predicted octanol–water partition coefficient (Wildman–Crippen LogP) is 4.85. The molecule has 1 amide bonds. The molecule has 7 heteroatoms. The maximum Gasteiger partial charge on any atom is 0.257 e. The third-order valence-corrected chi connectivity index (χ3v) is 4.95. The molecule has 30 heavy (non-hydrogen) atoms. The third kappa shape index (κ3) is 5.43. The fourth-order valence-corrected chi connectivity index (χ4v) is 3.25. The summed E-state index contributed by atoms with van der Waals surface area (Å²) in [5.74, 6) is -0.630. The lowest BCUT2D eigenvalue weighted by molar-refractivity contribution is 0.0788. The Morgan fingerprint density at radius 3 is 2.50 bits per heavy atom. The van der Waals surface area contributed by atoms with Gasteiger partial charge in [-0.1, -0.05) is 6.42 Å². The van der Waals surface area contributed by atoms with E-state index < -0.39 is 5.82 Å². The Kier molecular flexibility index (Phi) is 7.17. The van der Waals surface area contributed by atoms with Crippen molar-refractivity contribution in [3.8, 4) is 17.0 Å². The molecule has 0 unspecified atom stereocenters. The predicted molar refractivity (Wildman–Crippen MR) is 111 cm³/mol. The van der Waals surface area contributed by atoms with Crippen LogP contribution in [0.15, 0.2) is 48.5 Å². The smallest absolute Gasteiger partial charge is 0.257 e. The molecule has 3 rings (SSSR count). The zero-order chi connectivity index (χ0) is 21.5. The fourth-order valence-electron chi connectivity index (χ4n) is 3.25. The van der Waals surface area contributed by atoms with Crippen molar-refractivity contribution in [3.05, 3.63) is 71.4 Å². The normalized spacial score (nSPS) is 10.8. The van der Waals surface area contributed by atoms with Crippen LogP contribution in [-0.2, 0) is 6.42 Å². The van der Waals surface area contributed by atoms with Gasteiger partial charge in [-0.25, -0.2) is 8.78 Å². The Hall–Kier alpha value is -3.22. The van der Waals surface area contributed by atoms with Gasteiger partial charge in [0.1, 0.15) is 17.4 Å². The third-order valence-electron chi connectivity index (χ3n) is 4.95. The minimum Gasteiger partial charge on any atom is -0.496 e. The average molecular weight is 413 g/mol. The number of aromatic amines is 1. The van der Waals surface area contributed by atoms with Crippen molar-refractivity contribution < 1.29 is 18.3 Å². The highest BCUT2D eigenvalue weighted by molar-refractivity contribution is 5.96. The van der Waals surface area contributed by atoms with Crippen LogP contribution in [-0.4, -0.2) is 41.7 Å². The highest BCUT2D eigenvalue weighted by Crippen LogP contribution is 2.21. The summed E-state index contributed by atoms with van der Waals surface area (Å²) in [6.45, 7) is 0.572. The zero-order valence-electron chi connectivity index (χ0n) is 17.1. The molecule has 0 aliphatic rings. The molecular formula is C23H25F2N3O2. The van der Waals surface area contributed by atoms with Gasteiger partial charge in [-0.3, -0.25) is 9.89 Å². The van der Waals surface area contributed by atoms with Crippen LogP contribution in [0.25, 0.3) is 11.3 Å². The van der Waals surface area contributed by atoms with Crippen LogP contribution in [0.2, 0.25) is 0 Å². The van der Waals surface area contributed by atoms with Gasteiger partial charge in [-0.05, 0) is 67.8 Å². The van der Waals surface area contributed by atoms with E-state index in [1.54, 1.807) is 24.1 Å². The zero-order valence-corrected chi connectivity index (χ0v) is 17.1. The SMILES string of the molecule is COc1ccc(F)cc1C(=O)N(C)CCCCCc1cc(-c2ccc(F)cc2)n[nH]1. The summed E-state index contributed by atoms with van der Waals surface area (Å²) in [5, 5.41) is 7.30. The van der Waals surface area contributed by atoms with Gasteiger partial charge in [-0.2, -0.15) is 5.10 Å². The number of hydrogen-bond acceptors (Lipinski definition) is 3. The van der Waals surface area contributed by atoms with E-state index in [4.69, 9.17) is 4.74 Å². The molecule has 0 bridgehead atoms. The average Bonchev–Trinajstić information content (AvgIpc) is 3.22. The number of ether oxygens (including phenoxy) is 1. The second-order valence-corrected chi connectivity index (χ2v) is 7.17. The van der Waals surface area contributed by atoms with E-state index in [2.05, 4.69) is 10.2 Å². The van der Waals surface area contributed by atoms with E-state index in [1.165, 1.54) is 37.4 Å². The first kappa shape index (κ1) is 21.5. The number of halogens is 2. The summed E-state index contributed by atoms with van der Waals surface area (Å²) in [7, 11) is 3.16. The van der Waals surface area contributed by atoms with E-state index in [9.17, 15) is 13.6 Å². The topological polar surface area (TPSA) is 58.2 Å². The van der Waals surface area contributed by atoms with Gasteiger partial charge in [0.05, 0.1) is 18.4 Å². The first-order valence-electron chi connectivity index (χ1n) is 9.87. The van der Waals surface area contributed by atoms with E-state index in [1.807, 2.05) is 6.07 Å². The molecule has 3 aromatic rings. The number of aryl methyl sites for hydroxylation is 1. The molecule has 2 aromatic carbocycles. The maximum atomic E-state index is 13.5. The Morgan fingerprint density at radius 2 is 1.77 bits per heavy atom. The van der Waals surface area contributed by atoms with Crippen LogP contribution in [0.5, 0.6) is 5.75 Å². The number of hydrogen-bond donors (Lipinski definition) is 1. The summed E-state index contributed by atoms with van der Waals surface area (Å²) in [5.41, 5.74) is 2.90. The maximum absolute atomic E-state index is 13.5. The lowest BCUT2D eigenvalue weighted by atomic mass is 10.1. The number of H-pyrrole nitrogens is 1. The molecule has 1 aromatic heterocycles. The minimum absolute atomic E-state index is 0.228. The number of unbranched alkanes of at least 4 members (excludes halogenated alkanes) is 2. The van der Waals surface area contributed by atoms with Gasteiger partial charge in [0, 0.05) is 24.8 Å². The number of benzene rings is 2. The van der Waals surface area contributed by atoms with Crippen LogP contribution in [0.1, 0.15) is 35.3 Å². The number of aromatic nitrogens is 2. The lowest BCUT2D eigenvalue weighted by Crippen LogP contribution is -2.28. The molecule has 0 aliphatic carbocycles. The number of carbonyl (C=O) groups excluding carboxylic acids is 1. The van der Waals surface area contributed by atoms with Gasteiger partial charge in [0.2, 0.25) is 0 Å². The van der Waals surface area contributed by atoms with Gasteiger partial charge >= 0.3 is 0 Å². The van der Waals surface area contributed by atoms with E-state index >= 15 is 0 Å². The van der Waals surface area contributed by atoms with E-state index in [0.717, 1.165) is 42.6 Å². The number of carbonyl (C=O) groups is 1. The molecule has 158 valence electrons. The van der Waals surface area contributed by atoms with Crippen LogP contribution in [0.3, 0.4) is 0 Å². The molecule has 0 spiro atoms. The summed E-state index contributed by atoms with van der Waals surface area (Å²) < 4.78 is 31.7. The van der Waals surface area contributed by atoms with Crippen molar-refractivity contribution >= 4 is 5.91 Å². The van der Waals surface area contributed by atoms with Crippen molar-refractivity contribution in [2.45, 2.75) is 25.7 Å². The molecule has 0 atom stereocenters. The van der Waals surface area contributed by atoms with Crippen molar-refractivity contribution in [3.63, 3.8) is 0 Å². The number of amides is 1. The van der Waals surface area contributed by atoms with Gasteiger partial charge in [0.25, 0.3) is 5.91 Å². The second-order valence-electron chi connectivity index (χ2n) is 7.17. The molecular weight excluding hydrogens is 388 g/mol. The minimum atomic E-state index is -0.466. The largest absolute Gasteiger partial charge is 0.496 e. The lowest BCUT2D eigenvalue weighted by Gasteiger charge is -2.18. The van der Waals surface area contributed by atoms with E-state index in [-0.39, 0.29) is 17.3 Å². The summed E-state index contributed by atoms with van der Waals surface area (Å²) in [6.07, 6.45) is 3.54. The van der Waals surface area contributed by atoms with Crippen molar-refractivity contribution in [1.29, 1.82) is 0 Å². The van der Waals surface area contributed by atoms with Crippen molar-refractivity contribution in [2.75, 3.05) is 20.7 Å². The Morgan fingerprint density at radius 1 is 1.03 bits per heavy atom.